The average molecular weight is 275 g/mol. The zero-order chi connectivity index (χ0) is 15.3. The lowest BCUT2D eigenvalue weighted by Crippen LogP contribution is -2.34. The summed E-state index contributed by atoms with van der Waals surface area (Å²) in [5.41, 5.74) is 0.303. The van der Waals surface area contributed by atoms with Gasteiger partial charge >= 0.3 is 11.9 Å². The highest BCUT2D eigenvalue weighted by atomic mass is 16.6. The van der Waals surface area contributed by atoms with Gasteiger partial charge in [-0.2, -0.15) is 5.26 Å². The van der Waals surface area contributed by atoms with Crippen LogP contribution < -0.4 is 0 Å². The minimum atomic E-state index is -1.27. The molecule has 0 saturated carbocycles. The first-order chi connectivity index (χ1) is 9.23. The van der Waals surface area contributed by atoms with Gasteiger partial charge in [0.05, 0.1) is 11.6 Å². The number of hydrogen-bond acceptors (Lipinski definition) is 4. The number of esters is 1. The fourth-order valence-electron chi connectivity index (χ4n) is 1.65. The Hall–Kier alpha value is -2.35. The lowest BCUT2D eigenvalue weighted by molar-refractivity contribution is -0.166. The van der Waals surface area contributed by atoms with Crippen molar-refractivity contribution in [2.24, 2.45) is 5.92 Å². The van der Waals surface area contributed by atoms with Crippen LogP contribution in [-0.4, -0.2) is 22.6 Å². The molecule has 5 nitrogen and oxygen atoms in total. The summed E-state index contributed by atoms with van der Waals surface area (Å²) in [6.45, 7) is 5.04. The van der Waals surface area contributed by atoms with Crippen LogP contribution in [0.2, 0.25) is 0 Å². The molecular weight excluding hydrogens is 258 g/mol. The zero-order valence-electron chi connectivity index (χ0n) is 11.7. The molecule has 1 atom stereocenters. The van der Waals surface area contributed by atoms with Crippen molar-refractivity contribution in [2.45, 2.75) is 32.8 Å². The van der Waals surface area contributed by atoms with E-state index in [-0.39, 0.29) is 6.42 Å². The third-order valence-corrected chi connectivity index (χ3v) is 2.49. The molecular formula is C15H17NO4. The van der Waals surface area contributed by atoms with E-state index in [0.717, 1.165) is 0 Å². The molecule has 1 rings (SSSR count). The molecule has 106 valence electrons. The maximum absolute atomic E-state index is 11.9. The fourth-order valence-corrected chi connectivity index (χ4v) is 1.65. The summed E-state index contributed by atoms with van der Waals surface area (Å²) in [7, 11) is 0. The molecule has 0 heterocycles. The van der Waals surface area contributed by atoms with Gasteiger partial charge in [0, 0.05) is 0 Å². The number of carbonyl (C=O) groups excluding carboxylic acids is 1. The van der Waals surface area contributed by atoms with Gasteiger partial charge in [0.25, 0.3) is 0 Å². The molecule has 0 fully saturated rings. The number of nitrogens with zero attached hydrogens (tertiary/aromatic N) is 1. The van der Waals surface area contributed by atoms with Gasteiger partial charge in [-0.05, 0) is 44.9 Å². The average Bonchev–Trinajstić information content (AvgIpc) is 2.33. The molecule has 5 heteroatoms. The summed E-state index contributed by atoms with van der Waals surface area (Å²) >= 11 is 0. The number of benzene rings is 1. The van der Waals surface area contributed by atoms with Crippen LogP contribution in [0, 0.1) is 17.2 Å². The van der Waals surface area contributed by atoms with E-state index in [1.807, 2.05) is 6.07 Å². The zero-order valence-corrected chi connectivity index (χ0v) is 11.7. The Morgan fingerprint density at radius 1 is 1.40 bits per heavy atom. The van der Waals surface area contributed by atoms with Gasteiger partial charge in [-0.25, -0.2) is 0 Å². The predicted octanol–water partition coefficient (Wildman–Crippen LogP) is 2.14. The summed E-state index contributed by atoms with van der Waals surface area (Å²) in [5.74, 6) is -3.28. The van der Waals surface area contributed by atoms with Gasteiger partial charge in [0.1, 0.15) is 5.60 Å². The monoisotopic (exact) mass is 275 g/mol. The first-order valence-corrected chi connectivity index (χ1v) is 6.17. The topological polar surface area (TPSA) is 87.4 Å². The normalized spacial score (nSPS) is 12.3. The molecule has 0 aliphatic rings. The summed E-state index contributed by atoms with van der Waals surface area (Å²) in [6.07, 6.45) is -0.000231. The van der Waals surface area contributed by atoms with Crippen LogP contribution in [0.1, 0.15) is 31.9 Å². The van der Waals surface area contributed by atoms with Gasteiger partial charge in [-0.1, -0.05) is 12.1 Å². The number of carbonyl (C=O) groups is 2. The predicted molar refractivity (Wildman–Crippen MR) is 71.8 cm³/mol. The summed E-state index contributed by atoms with van der Waals surface area (Å²) in [4.78, 5) is 23.1. The highest BCUT2D eigenvalue weighted by Crippen LogP contribution is 2.16. The number of aliphatic carboxylic acids is 1. The first-order valence-electron chi connectivity index (χ1n) is 6.17. The van der Waals surface area contributed by atoms with Crippen molar-refractivity contribution in [3.8, 4) is 6.07 Å². The van der Waals surface area contributed by atoms with E-state index in [4.69, 9.17) is 15.1 Å². The number of nitriles is 1. The van der Waals surface area contributed by atoms with Gasteiger partial charge in [0.2, 0.25) is 0 Å². The Kier molecular flexibility index (Phi) is 4.87. The molecule has 20 heavy (non-hydrogen) atoms. The van der Waals surface area contributed by atoms with Crippen molar-refractivity contribution in [3.63, 3.8) is 0 Å². The van der Waals surface area contributed by atoms with Crippen molar-refractivity contribution in [2.75, 3.05) is 0 Å². The summed E-state index contributed by atoms with van der Waals surface area (Å²) < 4.78 is 5.11. The molecule has 0 aliphatic heterocycles. The second kappa shape index (κ2) is 6.20. The van der Waals surface area contributed by atoms with Crippen molar-refractivity contribution in [1.29, 1.82) is 5.26 Å². The molecule has 0 spiro atoms. The molecule has 0 unspecified atom stereocenters. The molecule has 0 amide bonds. The van der Waals surface area contributed by atoms with E-state index in [1.54, 1.807) is 45.0 Å². The molecule has 1 aromatic rings. The minimum Gasteiger partial charge on any atom is -0.481 e. The Labute approximate surface area is 117 Å². The number of carboxylic acids is 1. The molecule has 1 N–H and O–H groups in total. The largest absolute Gasteiger partial charge is 0.481 e. The van der Waals surface area contributed by atoms with Crippen LogP contribution in [0.4, 0.5) is 0 Å². The van der Waals surface area contributed by atoms with E-state index >= 15 is 0 Å². The van der Waals surface area contributed by atoms with Crippen molar-refractivity contribution >= 4 is 11.9 Å². The molecule has 0 saturated heterocycles. The van der Waals surface area contributed by atoms with E-state index in [1.165, 1.54) is 0 Å². The molecule has 1 aromatic carbocycles. The fraction of sp³-hybridized carbons (Fsp3) is 0.400. The van der Waals surface area contributed by atoms with Crippen LogP contribution in [0.3, 0.4) is 0 Å². The first kappa shape index (κ1) is 15.7. The third-order valence-electron chi connectivity index (χ3n) is 2.49. The van der Waals surface area contributed by atoms with Crippen LogP contribution in [0.5, 0.6) is 0 Å². The summed E-state index contributed by atoms with van der Waals surface area (Å²) in [5, 5.41) is 18.0. The lowest BCUT2D eigenvalue weighted by atomic mass is 9.98. The van der Waals surface area contributed by atoms with Crippen LogP contribution >= 0.6 is 0 Å². The number of ether oxygens (including phenoxy) is 1. The Morgan fingerprint density at radius 2 is 2.05 bits per heavy atom. The van der Waals surface area contributed by atoms with Crippen LogP contribution in [-0.2, 0) is 20.7 Å². The van der Waals surface area contributed by atoms with Crippen molar-refractivity contribution in [3.05, 3.63) is 35.4 Å². The maximum Gasteiger partial charge on any atom is 0.321 e. The summed E-state index contributed by atoms with van der Waals surface area (Å²) in [6, 6.07) is 8.50. The van der Waals surface area contributed by atoms with E-state index in [9.17, 15) is 9.59 Å². The molecule has 0 aliphatic carbocycles. The van der Waals surface area contributed by atoms with Crippen LogP contribution in [0.25, 0.3) is 0 Å². The van der Waals surface area contributed by atoms with E-state index in [2.05, 4.69) is 0 Å². The standard InChI is InChI=1S/C15H17NO4/c1-15(2,3)20-14(19)12(13(17)18)8-10-5-4-6-11(7-10)9-16/h4-7,12H,8H2,1-3H3,(H,17,18)/t12-/m0/s1. The molecule has 0 aromatic heterocycles. The van der Waals surface area contributed by atoms with Gasteiger partial charge in [-0.3, -0.25) is 9.59 Å². The van der Waals surface area contributed by atoms with Gasteiger partial charge in [0.15, 0.2) is 5.92 Å². The minimum absolute atomic E-state index is 0.000231. The number of rotatable bonds is 4. The van der Waals surface area contributed by atoms with E-state index < -0.39 is 23.5 Å². The van der Waals surface area contributed by atoms with Crippen LogP contribution in [0.15, 0.2) is 24.3 Å². The number of hydrogen-bond donors (Lipinski definition) is 1. The second-order valence-corrected chi connectivity index (χ2v) is 5.44. The quantitative estimate of drug-likeness (QED) is 0.672. The van der Waals surface area contributed by atoms with Crippen molar-refractivity contribution in [1.82, 2.24) is 0 Å². The van der Waals surface area contributed by atoms with E-state index in [0.29, 0.717) is 11.1 Å². The third kappa shape index (κ3) is 4.73. The van der Waals surface area contributed by atoms with Crippen molar-refractivity contribution < 1.29 is 19.4 Å². The Morgan fingerprint density at radius 3 is 2.55 bits per heavy atom. The SMILES string of the molecule is CC(C)(C)OC(=O)[C@@H](Cc1cccc(C#N)c1)C(=O)O. The Balaban J connectivity index is 2.90. The highest BCUT2D eigenvalue weighted by Gasteiger charge is 2.31. The Bertz CT molecular complexity index is 552. The number of carboxylic acid groups (broad SMARTS) is 1. The maximum atomic E-state index is 11.9. The molecule has 0 radical (unpaired) electrons. The highest BCUT2D eigenvalue weighted by molar-refractivity contribution is 5.94. The second-order valence-electron chi connectivity index (χ2n) is 5.44. The molecule has 0 bridgehead atoms. The smallest absolute Gasteiger partial charge is 0.321 e. The lowest BCUT2D eigenvalue weighted by Gasteiger charge is -2.22. The van der Waals surface area contributed by atoms with Gasteiger partial charge in [-0.15, -0.1) is 0 Å². The van der Waals surface area contributed by atoms with Gasteiger partial charge < -0.3 is 9.84 Å².